The second kappa shape index (κ2) is 9.32. The number of carbonyl (C=O) groups excluding carboxylic acids is 2. The van der Waals surface area contributed by atoms with Crippen molar-refractivity contribution in [3.63, 3.8) is 0 Å². The van der Waals surface area contributed by atoms with Crippen LogP contribution in [0.15, 0.2) is 42.7 Å². The third-order valence-corrected chi connectivity index (χ3v) is 6.85. The van der Waals surface area contributed by atoms with Gasteiger partial charge in [-0.05, 0) is 74.3 Å². The third kappa shape index (κ3) is 4.80. The Labute approximate surface area is 186 Å². The number of rotatable bonds is 7. The molecule has 2 saturated carbocycles. The van der Waals surface area contributed by atoms with Gasteiger partial charge in [0, 0.05) is 36.6 Å². The summed E-state index contributed by atoms with van der Waals surface area (Å²) in [7, 11) is 0. The van der Waals surface area contributed by atoms with E-state index in [1.54, 1.807) is 24.5 Å². The fraction of sp³-hybridized carbons (Fsp3) is 0.458. The molecule has 4 N–H and O–H groups in total. The molecule has 0 spiro atoms. The smallest absolute Gasteiger partial charge is 0.230 e. The molecule has 0 radical (unpaired) electrons. The Morgan fingerprint density at radius 1 is 1.06 bits per heavy atom. The number of amides is 2. The van der Waals surface area contributed by atoms with Gasteiger partial charge in [-0.25, -0.2) is 8.78 Å². The van der Waals surface area contributed by atoms with Crippen molar-refractivity contribution < 1.29 is 18.4 Å². The summed E-state index contributed by atoms with van der Waals surface area (Å²) in [5, 5.41) is 5.84. The Kier molecular flexibility index (Phi) is 6.50. The molecule has 1 unspecified atom stereocenters. The second-order valence-electron chi connectivity index (χ2n) is 8.92. The summed E-state index contributed by atoms with van der Waals surface area (Å²) >= 11 is 0. The second-order valence-corrected chi connectivity index (χ2v) is 8.92. The zero-order chi connectivity index (χ0) is 22.7. The van der Waals surface area contributed by atoms with E-state index < -0.39 is 17.0 Å². The highest BCUT2D eigenvalue weighted by Crippen LogP contribution is 2.48. The van der Waals surface area contributed by atoms with Gasteiger partial charge in [-0.2, -0.15) is 0 Å². The Morgan fingerprint density at radius 2 is 1.75 bits per heavy atom. The average Bonchev–Trinajstić information content (AvgIpc) is 3.62. The largest absolute Gasteiger partial charge is 0.354 e. The molecule has 1 aromatic carbocycles. The van der Waals surface area contributed by atoms with E-state index in [1.807, 2.05) is 0 Å². The first-order valence-corrected chi connectivity index (χ1v) is 11.1. The van der Waals surface area contributed by atoms with Crippen LogP contribution in [0.2, 0.25) is 0 Å². The highest BCUT2D eigenvalue weighted by molar-refractivity contribution is 5.92. The molecule has 2 amide bonds. The Hall–Kier alpha value is -2.87. The summed E-state index contributed by atoms with van der Waals surface area (Å²) in [4.78, 5) is 29.2. The quantitative estimate of drug-likeness (QED) is 0.613. The van der Waals surface area contributed by atoms with Gasteiger partial charge in [0.1, 0.15) is 0 Å². The van der Waals surface area contributed by atoms with Gasteiger partial charge in [-0.3, -0.25) is 14.6 Å². The molecule has 4 rings (SSSR count). The lowest BCUT2D eigenvalue weighted by atomic mass is 9.78. The zero-order valence-electron chi connectivity index (χ0n) is 17.8. The van der Waals surface area contributed by atoms with Crippen molar-refractivity contribution in [1.29, 1.82) is 0 Å². The van der Waals surface area contributed by atoms with Crippen LogP contribution in [0.4, 0.5) is 14.5 Å². The molecular formula is C24H28F2N4O2. The van der Waals surface area contributed by atoms with Crippen LogP contribution in [0.3, 0.4) is 0 Å². The van der Waals surface area contributed by atoms with Gasteiger partial charge in [-0.15, -0.1) is 0 Å². The predicted molar refractivity (Wildman–Crippen MR) is 117 cm³/mol. The van der Waals surface area contributed by atoms with E-state index in [9.17, 15) is 18.4 Å². The number of anilines is 1. The number of nitrogens with one attached hydrogen (secondary N) is 2. The molecule has 6 nitrogen and oxygen atoms in total. The minimum Gasteiger partial charge on any atom is -0.354 e. The van der Waals surface area contributed by atoms with E-state index in [2.05, 4.69) is 15.6 Å². The summed E-state index contributed by atoms with van der Waals surface area (Å²) in [6.45, 7) is 0.322. The molecule has 1 atom stereocenters. The third-order valence-electron chi connectivity index (χ3n) is 6.85. The summed E-state index contributed by atoms with van der Waals surface area (Å²) in [6.07, 6.45) is 7.63. The summed E-state index contributed by atoms with van der Waals surface area (Å²) in [5.41, 5.74) is 6.82. The van der Waals surface area contributed by atoms with E-state index in [4.69, 9.17) is 5.73 Å². The van der Waals surface area contributed by atoms with Crippen LogP contribution in [-0.2, 0) is 15.0 Å². The molecule has 8 heteroatoms. The first-order valence-electron chi connectivity index (χ1n) is 11.1. The van der Waals surface area contributed by atoms with Crippen molar-refractivity contribution in [3.05, 3.63) is 59.9 Å². The Balaban J connectivity index is 1.24. The van der Waals surface area contributed by atoms with Gasteiger partial charge in [0.25, 0.3) is 0 Å². The molecular weight excluding hydrogens is 414 g/mol. The normalized spacial score (nSPS) is 22.6. The molecule has 1 aromatic heterocycles. The van der Waals surface area contributed by atoms with Gasteiger partial charge in [0.2, 0.25) is 11.8 Å². The van der Waals surface area contributed by atoms with E-state index in [-0.39, 0.29) is 29.7 Å². The van der Waals surface area contributed by atoms with E-state index >= 15 is 0 Å². The number of pyridine rings is 1. The minimum absolute atomic E-state index is 0.0127. The molecule has 170 valence electrons. The van der Waals surface area contributed by atoms with Crippen molar-refractivity contribution in [2.75, 3.05) is 11.9 Å². The van der Waals surface area contributed by atoms with Gasteiger partial charge in [0.15, 0.2) is 11.6 Å². The number of aromatic nitrogens is 1. The van der Waals surface area contributed by atoms with Crippen molar-refractivity contribution >= 4 is 17.5 Å². The van der Waals surface area contributed by atoms with E-state index in [0.717, 1.165) is 43.5 Å². The molecule has 2 fully saturated rings. The lowest BCUT2D eigenvalue weighted by Gasteiger charge is -2.32. The standard InChI is InChI=1S/C24H28F2N4O2/c25-19-6-5-17(13-20(19)26)24(9-10-24)23(32)29-14-21(27)15-1-3-16(4-2-15)22(31)30-18-7-11-28-12-8-18/h5-8,11-13,15-16,21H,1-4,9-10,14,27H2,(H,29,32)(H,28,30,31)/t15-,16-,21?. The van der Waals surface area contributed by atoms with Crippen molar-refractivity contribution in [1.82, 2.24) is 10.3 Å². The number of nitrogens with two attached hydrogens (primary N) is 1. The van der Waals surface area contributed by atoms with Crippen LogP contribution in [0.5, 0.6) is 0 Å². The van der Waals surface area contributed by atoms with Crippen LogP contribution < -0.4 is 16.4 Å². The number of nitrogens with zero attached hydrogens (tertiary/aromatic N) is 1. The Morgan fingerprint density at radius 3 is 2.38 bits per heavy atom. The van der Waals surface area contributed by atoms with Crippen molar-refractivity contribution in [2.45, 2.75) is 50.0 Å². The highest BCUT2D eigenvalue weighted by Gasteiger charge is 2.51. The lowest BCUT2D eigenvalue weighted by Crippen LogP contribution is -2.46. The Bertz CT molecular complexity index is 973. The zero-order valence-corrected chi connectivity index (χ0v) is 17.8. The lowest BCUT2D eigenvalue weighted by molar-refractivity contribution is -0.123. The van der Waals surface area contributed by atoms with Gasteiger partial charge in [0.05, 0.1) is 5.41 Å². The molecule has 0 bridgehead atoms. The van der Waals surface area contributed by atoms with Crippen molar-refractivity contribution in [2.24, 2.45) is 17.6 Å². The van der Waals surface area contributed by atoms with E-state index in [0.29, 0.717) is 24.9 Å². The van der Waals surface area contributed by atoms with Gasteiger partial charge >= 0.3 is 0 Å². The molecule has 0 saturated heterocycles. The van der Waals surface area contributed by atoms with Crippen LogP contribution in [0.25, 0.3) is 0 Å². The van der Waals surface area contributed by atoms with Crippen LogP contribution >= 0.6 is 0 Å². The predicted octanol–water partition coefficient (Wildman–Crippen LogP) is 3.28. The summed E-state index contributed by atoms with van der Waals surface area (Å²) in [5.74, 6) is -1.87. The maximum atomic E-state index is 13.6. The number of benzene rings is 1. The monoisotopic (exact) mass is 442 g/mol. The number of hydrogen-bond donors (Lipinski definition) is 3. The fourth-order valence-electron chi connectivity index (χ4n) is 4.60. The van der Waals surface area contributed by atoms with Crippen LogP contribution in [0.1, 0.15) is 44.1 Å². The molecule has 1 heterocycles. The van der Waals surface area contributed by atoms with Gasteiger partial charge in [-0.1, -0.05) is 6.07 Å². The van der Waals surface area contributed by atoms with E-state index in [1.165, 1.54) is 6.07 Å². The van der Waals surface area contributed by atoms with Gasteiger partial charge < -0.3 is 16.4 Å². The molecule has 2 aromatic rings. The molecule has 2 aliphatic rings. The maximum absolute atomic E-state index is 13.6. The SMILES string of the molecule is NC(CNC(=O)C1(c2ccc(F)c(F)c2)CC1)[C@H]1CC[C@H](C(=O)Nc2ccncc2)CC1. The van der Waals surface area contributed by atoms with Crippen LogP contribution in [0, 0.1) is 23.5 Å². The first-order chi connectivity index (χ1) is 15.4. The molecule has 32 heavy (non-hydrogen) atoms. The summed E-state index contributed by atoms with van der Waals surface area (Å²) < 4.78 is 26.8. The topological polar surface area (TPSA) is 97.1 Å². The maximum Gasteiger partial charge on any atom is 0.230 e. The molecule has 0 aliphatic heterocycles. The average molecular weight is 443 g/mol. The van der Waals surface area contributed by atoms with Crippen molar-refractivity contribution in [3.8, 4) is 0 Å². The minimum atomic E-state index is -0.942. The number of halogens is 2. The number of hydrogen-bond acceptors (Lipinski definition) is 4. The summed E-state index contributed by atoms with van der Waals surface area (Å²) in [6, 6.07) is 6.95. The van der Waals surface area contributed by atoms with Crippen LogP contribution in [-0.4, -0.2) is 29.4 Å². The first kappa shape index (κ1) is 22.3. The fourth-order valence-corrected chi connectivity index (χ4v) is 4.60. The highest BCUT2D eigenvalue weighted by atomic mass is 19.2. The number of carbonyl (C=O) groups is 2. The molecule has 2 aliphatic carbocycles.